The Hall–Kier alpha value is -1.98. The topological polar surface area (TPSA) is 58.2 Å². The highest BCUT2D eigenvalue weighted by molar-refractivity contribution is 7.84. The van der Waals surface area contributed by atoms with E-state index in [1.807, 2.05) is 96.1 Å². The average molecular weight is 387 g/mol. The largest absolute Gasteiger partial charge is 0.325 e. The van der Waals surface area contributed by atoms with Gasteiger partial charge in [0.25, 0.3) is 0 Å². The maximum absolute atomic E-state index is 12.8. The molecule has 2 N–H and O–H groups in total. The van der Waals surface area contributed by atoms with Gasteiger partial charge in [0.1, 0.15) is 0 Å². The number of hydrogen-bond donors (Lipinski definition) is 2. The van der Waals surface area contributed by atoms with Crippen molar-refractivity contribution in [1.29, 1.82) is 0 Å². The molecule has 0 radical (unpaired) electrons. The van der Waals surface area contributed by atoms with Crippen LogP contribution in [0.1, 0.15) is 58.7 Å². The van der Waals surface area contributed by atoms with Gasteiger partial charge in [-0.3, -0.25) is 4.79 Å². The molecule has 0 fully saturated rings. The van der Waals surface area contributed by atoms with Gasteiger partial charge in [-0.2, -0.15) is 0 Å². The van der Waals surface area contributed by atoms with Crippen molar-refractivity contribution in [2.24, 2.45) is 5.41 Å². The fourth-order valence-corrected chi connectivity index (χ4v) is 3.24. The van der Waals surface area contributed by atoms with Crippen molar-refractivity contribution < 1.29 is 9.00 Å². The molecule has 4 nitrogen and oxygen atoms in total. The number of benzene rings is 2. The molecule has 146 valence electrons. The summed E-state index contributed by atoms with van der Waals surface area (Å²) in [6.45, 7) is 11.5. The quantitative estimate of drug-likeness (QED) is 0.774. The number of rotatable bonds is 5. The van der Waals surface area contributed by atoms with E-state index < -0.39 is 21.1 Å². The molecule has 2 aromatic carbocycles. The van der Waals surface area contributed by atoms with E-state index in [-0.39, 0.29) is 11.9 Å². The Morgan fingerprint density at radius 2 is 1.44 bits per heavy atom. The molecule has 27 heavy (non-hydrogen) atoms. The van der Waals surface area contributed by atoms with Gasteiger partial charge in [0.2, 0.25) is 5.91 Å². The number of carbonyl (C=O) groups is 1. The van der Waals surface area contributed by atoms with Crippen molar-refractivity contribution in [2.75, 3.05) is 5.32 Å². The lowest BCUT2D eigenvalue weighted by molar-refractivity contribution is -0.123. The lowest BCUT2D eigenvalue weighted by Crippen LogP contribution is -2.36. The third-order valence-electron chi connectivity index (χ3n) is 4.12. The molecule has 5 heteroatoms. The Balaban J connectivity index is 2.47. The van der Waals surface area contributed by atoms with Crippen LogP contribution in [0.3, 0.4) is 0 Å². The van der Waals surface area contributed by atoms with Crippen LogP contribution in [-0.2, 0) is 15.8 Å². The van der Waals surface area contributed by atoms with Crippen LogP contribution >= 0.6 is 0 Å². The van der Waals surface area contributed by atoms with Gasteiger partial charge in [0.15, 0.2) is 0 Å². The number of hydrogen-bond acceptors (Lipinski definition) is 2. The highest BCUT2D eigenvalue weighted by Crippen LogP contribution is 2.31. The minimum absolute atomic E-state index is 0.0568. The van der Waals surface area contributed by atoms with Gasteiger partial charge in [-0.1, -0.05) is 69.3 Å². The fraction of sp³-hybridized carbons (Fsp3) is 0.409. The van der Waals surface area contributed by atoms with E-state index in [1.54, 1.807) is 0 Å². The maximum Gasteiger partial charge on any atom is 0.229 e. The molecule has 0 spiro atoms. The molecule has 1 amide bonds. The molecule has 0 bridgehead atoms. The SMILES string of the molecule is CC(C)(C)C(=O)Nc1ccccc1C(NS(=O)C(C)(C)C)c1ccccc1. The van der Waals surface area contributed by atoms with E-state index in [0.29, 0.717) is 0 Å². The Morgan fingerprint density at radius 1 is 0.889 bits per heavy atom. The van der Waals surface area contributed by atoms with Crippen molar-refractivity contribution in [1.82, 2.24) is 4.72 Å². The summed E-state index contributed by atoms with van der Waals surface area (Å²) >= 11 is 0. The van der Waals surface area contributed by atoms with Gasteiger partial charge in [-0.15, -0.1) is 0 Å². The Labute approximate surface area is 165 Å². The van der Waals surface area contributed by atoms with E-state index in [2.05, 4.69) is 10.0 Å². The van der Waals surface area contributed by atoms with Gasteiger partial charge >= 0.3 is 0 Å². The first kappa shape index (κ1) is 21.3. The normalized spacial score (nSPS) is 14.4. The number of carbonyl (C=O) groups excluding carboxylic acids is 1. The molecule has 2 atom stereocenters. The van der Waals surface area contributed by atoms with Crippen LogP contribution < -0.4 is 10.0 Å². The van der Waals surface area contributed by atoms with Gasteiger partial charge in [0, 0.05) is 11.1 Å². The van der Waals surface area contributed by atoms with Crippen LogP contribution in [0, 0.1) is 5.41 Å². The Bertz CT molecular complexity index is 805. The minimum Gasteiger partial charge on any atom is -0.325 e. The lowest BCUT2D eigenvalue weighted by Gasteiger charge is -2.27. The van der Waals surface area contributed by atoms with Crippen molar-refractivity contribution in [2.45, 2.75) is 52.3 Å². The van der Waals surface area contributed by atoms with Gasteiger partial charge < -0.3 is 5.32 Å². The number of amides is 1. The molecular weight excluding hydrogens is 356 g/mol. The zero-order valence-electron chi connectivity index (χ0n) is 17.0. The van der Waals surface area contributed by atoms with E-state index in [0.717, 1.165) is 16.8 Å². The number of nitrogens with one attached hydrogen (secondary N) is 2. The van der Waals surface area contributed by atoms with E-state index in [4.69, 9.17) is 0 Å². The molecule has 0 heterocycles. The van der Waals surface area contributed by atoms with Crippen molar-refractivity contribution in [3.63, 3.8) is 0 Å². The molecule has 0 aliphatic rings. The Morgan fingerprint density at radius 3 is 2.00 bits per heavy atom. The summed E-state index contributed by atoms with van der Waals surface area (Å²) in [6.07, 6.45) is 0. The second-order valence-electron chi connectivity index (χ2n) is 8.63. The first-order chi connectivity index (χ1) is 12.5. The minimum atomic E-state index is -1.27. The first-order valence-corrected chi connectivity index (χ1v) is 10.3. The summed E-state index contributed by atoms with van der Waals surface area (Å²) in [5, 5.41) is 3.03. The maximum atomic E-state index is 12.8. The number of anilines is 1. The molecule has 0 saturated heterocycles. The summed E-state index contributed by atoms with van der Waals surface area (Å²) in [5.41, 5.74) is 2.10. The molecule has 0 saturated carbocycles. The Kier molecular flexibility index (Phi) is 6.60. The fourth-order valence-electron chi connectivity index (χ4n) is 2.41. The second-order valence-corrected chi connectivity index (χ2v) is 10.6. The average Bonchev–Trinajstić information content (AvgIpc) is 2.59. The molecule has 0 aliphatic carbocycles. The monoisotopic (exact) mass is 386 g/mol. The summed E-state index contributed by atoms with van der Waals surface area (Å²) in [6, 6.07) is 17.2. The van der Waals surface area contributed by atoms with Crippen LogP contribution in [-0.4, -0.2) is 14.9 Å². The molecule has 2 unspecified atom stereocenters. The molecular formula is C22H30N2O2S. The highest BCUT2D eigenvalue weighted by Gasteiger charge is 2.27. The second kappa shape index (κ2) is 8.36. The zero-order valence-corrected chi connectivity index (χ0v) is 17.8. The van der Waals surface area contributed by atoms with Gasteiger partial charge in [0.05, 0.1) is 21.8 Å². The summed E-state index contributed by atoms with van der Waals surface area (Å²) in [4.78, 5) is 12.5. The smallest absolute Gasteiger partial charge is 0.229 e. The third kappa shape index (κ3) is 5.75. The van der Waals surface area contributed by atoms with Gasteiger partial charge in [-0.25, -0.2) is 8.93 Å². The molecule has 0 aromatic heterocycles. The van der Waals surface area contributed by atoms with Crippen molar-refractivity contribution in [3.8, 4) is 0 Å². The predicted molar refractivity (Wildman–Crippen MR) is 114 cm³/mol. The van der Waals surface area contributed by atoms with Gasteiger partial charge in [-0.05, 0) is 38.0 Å². The highest BCUT2D eigenvalue weighted by atomic mass is 32.2. The van der Waals surface area contributed by atoms with Crippen LogP contribution in [0.25, 0.3) is 0 Å². The summed E-state index contributed by atoms with van der Waals surface area (Å²) in [7, 11) is -1.27. The van der Waals surface area contributed by atoms with Crippen LogP contribution in [0.4, 0.5) is 5.69 Å². The van der Waals surface area contributed by atoms with Crippen LogP contribution in [0.5, 0.6) is 0 Å². The van der Waals surface area contributed by atoms with E-state index in [9.17, 15) is 9.00 Å². The standard InChI is InChI=1S/C22H30N2O2S/c1-21(2,3)20(25)23-18-15-11-10-14-17(18)19(16-12-8-7-9-13-16)24-27(26)22(4,5)6/h7-15,19,24H,1-6H3,(H,23,25). The molecule has 2 aromatic rings. The summed E-state index contributed by atoms with van der Waals surface area (Å²) in [5.74, 6) is -0.0568. The van der Waals surface area contributed by atoms with Crippen LogP contribution in [0.15, 0.2) is 54.6 Å². The molecule has 2 rings (SSSR count). The third-order valence-corrected chi connectivity index (χ3v) is 5.68. The van der Waals surface area contributed by atoms with Crippen molar-refractivity contribution in [3.05, 3.63) is 65.7 Å². The van der Waals surface area contributed by atoms with Crippen LogP contribution in [0.2, 0.25) is 0 Å². The summed E-state index contributed by atoms with van der Waals surface area (Å²) < 4.78 is 15.7. The first-order valence-electron chi connectivity index (χ1n) is 9.13. The zero-order chi connectivity index (χ0) is 20.2. The number of para-hydroxylation sites is 1. The van der Waals surface area contributed by atoms with Crippen molar-refractivity contribution >= 4 is 22.6 Å². The predicted octanol–water partition coefficient (Wildman–Crippen LogP) is 4.81. The molecule has 0 aliphatic heterocycles. The lowest BCUT2D eigenvalue weighted by atomic mass is 9.94. The van der Waals surface area contributed by atoms with E-state index in [1.165, 1.54) is 0 Å². The van der Waals surface area contributed by atoms with E-state index >= 15 is 0 Å².